The van der Waals surface area contributed by atoms with Crippen LogP contribution in [0, 0.1) is 0 Å². The summed E-state index contributed by atoms with van der Waals surface area (Å²) in [6.07, 6.45) is 1.89. The van der Waals surface area contributed by atoms with Gasteiger partial charge in [-0.3, -0.25) is 4.79 Å². The first-order valence-electron chi connectivity index (χ1n) is 2.32. The van der Waals surface area contributed by atoms with E-state index in [4.69, 9.17) is 10.8 Å². The van der Waals surface area contributed by atoms with Gasteiger partial charge in [0.05, 0.1) is 0 Å². The third-order valence-electron chi connectivity index (χ3n) is 0.683. The molecule has 54 valence electrons. The molecule has 0 aromatic rings. The molecule has 0 unspecified atom stereocenters. The first-order valence-corrected chi connectivity index (χ1v) is 5.05. The lowest BCUT2D eigenvalue weighted by molar-refractivity contribution is -0.137. The fourth-order valence-corrected chi connectivity index (χ4v) is 1.49. The van der Waals surface area contributed by atoms with Crippen molar-refractivity contribution in [3.63, 3.8) is 0 Å². The van der Waals surface area contributed by atoms with Gasteiger partial charge in [-0.2, -0.15) is 0 Å². The Labute approximate surface area is 61.8 Å². The van der Waals surface area contributed by atoms with Crippen LogP contribution in [0.5, 0.6) is 0 Å². The van der Waals surface area contributed by atoms with E-state index < -0.39 is 12.0 Å². The van der Waals surface area contributed by atoms with Crippen molar-refractivity contribution in [1.82, 2.24) is 0 Å². The predicted molar refractivity (Wildman–Crippen MR) is 41.6 cm³/mol. The minimum absolute atomic E-state index is 0.469. The van der Waals surface area contributed by atoms with Crippen molar-refractivity contribution >= 4 is 27.6 Å². The lowest BCUT2D eigenvalue weighted by Gasteiger charge is -2.01. The molecule has 0 saturated carbocycles. The first-order chi connectivity index (χ1) is 4.18. The number of hydrogen-bond donors (Lipinski definition) is 2. The van der Waals surface area contributed by atoms with Crippen LogP contribution in [-0.4, -0.2) is 29.1 Å². The van der Waals surface area contributed by atoms with Crippen LogP contribution in [0.3, 0.4) is 0 Å². The largest absolute Gasteiger partial charge is 0.480 e. The summed E-state index contributed by atoms with van der Waals surface area (Å²) >= 11 is 0. The number of aliphatic carboxylic acids is 1. The van der Waals surface area contributed by atoms with Gasteiger partial charge < -0.3 is 10.8 Å². The van der Waals surface area contributed by atoms with Crippen molar-refractivity contribution in [2.45, 2.75) is 6.04 Å². The molecular weight excluding hydrogens is 158 g/mol. The van der Waals surface area contributed by atoms with E-state index >= 15 is 0 Å². The van der Waals surface area contributed by atoms with Crippen LogP contribution in [0.2, 0.25) is 0 Å². The standard InChI is InChI=1S/C4H9NO2S2/c1-8-9-2-3(5)4(6)7/h3H,2,5H2,1H3,(H,6,7)/t3-/m1/s1. The Kier molecular flexibility index (Phi) is 5.03. The Balaban J connectivity index is 3.27. The van der Waals surface area contributed by atoms with Gasteiger partial charge in [-0.15, -0.1) is 0 Å². The fraction of sp³-hybridized carbons (Fsp3) is 0.750. The zero-order chi connectivity index (χ0) is 7.28. The Morgan fingerprint density at radius 1 is 1.89 bits per heavy atom. The van der Waals surface area contributed by atoms with Crippen LogP contribution in [-0.2, 0) is 4.79 Å². The number of nitrogens with two attached hydrogens (primary N) is 1. The van der Waals surface area contributed by atoms with Crippen LogP contribution in [0.25, 0.3) is 0 Å². The highest BCUT2D eigenvalue weighted by Crippen LogP contribution is 2.16. The van der Waals surface area contributed by atoms with Gasteiger partial charge in [0, 0.05) is 5.75 Å². The van der Waals surface area contributed by atoms with E-state index in [1.165, 1.54) is 21.6 Å². The Hall–Kier alpha value is 0.130. The summed E-state index contributed by atoms with van der Waals surface area (Å²) in [7, 11) is 2.98. The molecule has 0 rings (SSSR count). The van der Waals surface area contributed by atoms with Gasteiger partial charge in [-0.1, -0.05) is 21.6 Å². The molecule has 0 fully saturated rings. The summed E-state index contributed by atoms with van der Waals surface area (Å²) in [6, 6.07) is -0.720. The molecule has 0 aliphatic heterocycles. The Morgan fingerprint density at radius 2 is 2.44 bits per heavy atom. The second-order valence-corrected chi connectivity index (χ2v) is 4.01. The van der Waals surface area contributed by atoms with Gasteiger partial charge in [0.1, 0.15) is 6.04 Å². The van der Waals surface area contributed by atoms with Crippen molar-refractivity contribution in [3.8, 4) is 0 Å². The number of carboxylic acids is 1. The monoisotopic (exact) mass is 167 g/mol. The van der Waals surface area contributed by atoms with E-state index in [0.29, 0.717) is 5.75 Å². The van der Waals surface area contributed by atoms with Gasteiger partial charge in [-0.05, 0) is 6.26 Å². The minimum Gasteiger partial charge on any atom is -0.480 e. The molecule has 0 spiro atoms. The van der Waals surface area contributed by atoms with E-state index in [1.807, 2.05) is 6.26 Å². The van der Waals surface area contributed by atoms with E-state index in [-0.39, 0.29) is 0 Å². The van der Waals surface area contributed by atoms with Crippen LogP contribution in [0.1, 0.15) is 0 Å². The number of carbonyl (C=O) groups is 1. The van der Waals surface area contributed by atoms with Gasteiger partial charge in [0.25, 0.3) is 0 Å². The summed E-state index contributed by atoms with van der Waals surface area (Å²) in [6.45, 7) is 0. The first kappa shape index (κ1) is 9.13. The van der Waals surface area contributed by atoms with Gasteiger partial charge >= 0.3 is 5.97 Å². The van der Waals surface area contributed by atoms with E-state index in [1.54, 1.807) is 0 Å². The van der Waals surface area contributed by atoms with Crippen molar-refractivity contribution in [3.05, 3.63) is 0 Å². The molecule has 0 aromatic heterocycles. The highest BCUT2D eigenvalue weighted by molar-refractivity contribution is 8.76. The van der Waals surface area contributed by atoms with Crippen LogP contribution in [0.15, 0.2) is 0 Å². The molecule has 0 saturated heterocycles. The average Bonchev–Trinajstić information content (AvgIpc) is 1.82. The normalized spacial score (nSPS) is 13.1. The molecule has 0 radical (unpaired) electrons. The summed E-state index contributed by atoms with van der Waals surface area (Å²) in [5.74, 6) is -0.465. The maximum absolute atomic E-state index is 10.1. The van der Waals surface area contributed by atoms with E-state index in [2.05, 4.69) is 0 Å². The molecule has 0 aliphatic carbocycles. The lowest BCUT2D eigenvalue weighted by atomic mass is 10.4. The molecule has 3 nitrogen and oxygen atoms in total. The van der Waals surface area contributed by atoms with E-state index in [9.17, 15) is 4.79 Å². The quantitative estimate of drug-likeness (QED) is 0.594. The predicted octanol–water partition coefficient (Wildman–Crippen LogP) is 0.410. The zero-order valence-electron chi connectivity index (χ0n) is 5.03. The topological polar surface area (TPSA) is 63.3 Å². The van der Waals surface area contributed by atoms with Crippen LogP contribution < -0.4 is 5.73 Å². The highest BCUT2D eigenvalue weighted by atomic mass is 33.1. The van der Waals surface area contributed by atoms with Crippen molar-refractivity contribution in [2.75, 3.05) is 12.0 Å². The zero-order valence-corrected chi connectivity index (χ0v) is 6.67. The average molecular weight is 167 g/mol. The Morgan fingerprint density at radius 3 is 2.78 bits per heavy atom. The van der Waals surface area contributed by atoms with E-state index in [0.717, 1.165) is 0 Å². The summed E-state index contributed by atoms with van der Waals surface area (Å²) in [4.78, 5) is 10.1. The number of carboxylic acid groups (broad SMARTS) is 1. The second kappa shape index (κ2) is 4.96. The number of hydrogen-bond acceptors (Lipinski definition) is 4. The van der Waals surface area contributed by atoms with Crippen molar-refractivity contribution in [2.24, 2.45) is 5.73 Å². The van der Waals surface area contributed by atoms with Gasteiger partial charge in [0.15, 0.2) is 0 Å². The maximum atomic E-state index is 10.1. The molecule has 0 bridgehead atoms. The summed E-state index contributed by atoms with van der Waals surface area (Å²) in [5.41, 5.74) is 5.17. The second-order valence-electron chi connectivity index (χ2n) is 1.40. The van der Waals surface area contributed by atoms with Gasteiger partial charge in [0.2, 0.25) is 0 Å². The molecular formula is C4H9NO2S2. The molecule has 0 amide bonds. The SMILES string of the molecule is CSSC[C@@H](N)C(=O)O. The van der Waals surface area contributed by atoms with Crippen molar-refractivity contribution < 1.29 is 9.90 Å². The molecule has 0 heterocycles. The van der Waals surface area contributed by atoms with Crippen LogP contribution in [0.4, 0.5) is 0 Å². The third kappa shape index (κ3) is 4.62. The fourth-order valence-electron chi connectivity index (χ4n) is 0.213. The highest BCUT2D eigenvalue weighted by Gasteiger charge is 2.09. The molecule has 0 aromatic carbocycles. The summed E-state index contributed by atoms with van der Waals surface area (Å²) < 4.78 is 0. The third-order valence-corrected chi connectivity index (χ3v) is 2.53. The van der Waals surface area contributed by atoms with Crippen LogP contribution >= 0.6 is 21.6 Å². The minimum atomic E-state index is -0.934. The molecule has 9 heavy (non-hydrogen) atoms. The molecule has 3 N–H and O–H groups in total. The lowest BCUT2D eigenvalue weighted by Crippen LogP contribution is -2.32. The Bertz CT molecular complexity index is 98.6. The molecule has 5 heteroatoms. The summed E-state index contributed by atoms with van der Waals surface area (Å²) in [5, 5.41) is 8.26. The molecule has 1 atom stereocenters. The van der Waals surface area contributed by atoms with Crippen molar-refractivity contribution in [1.29, 1.82) is 0 Å². The molecule has 0 aliphatic rings. The maximum Gasteiger partial charge on any atom is 0.321 e. The number of rotatable bonds is 4. The smallest absolute Gasteiger partial charge is 0.321 e. The van der Waals surface area contributed by atoms with Gasteiger partial charge in [-0.25, -0.2) is 0 Å².